The van der Waals surface area contributed by atoms with Crippen LogP contribution >= 0.6 is 0 Å². The number of carbonyl (C=O) groups excluding carboxylic acids is 2. The lowest BCUT2D eigenvalue weighted by Gasteiger charge is -2.35. The molecule has 1 aliphatic heterocycles. The minimum atomic E-state index is -0.522. The SMILES string of the molecule is CC(C)C(NC(=O)c1ccco1)C(=O)N1CCN(C)CC1. The molecule has 116 valence electrons. The molecule has 0 bridgehead atoms. The van der Waals surface area contributed by atoms with Gasteiger partial charge in [-0.05, 0) is 25.1 Å². The van der Waals surface area contributed by atoms with Gasteiger partial charge in [0.25, 0.3) is 5.91 Å². The van der Waals surface area contributed by atoms with Crippen molar-refractivity contribution in [3.63, 3.8) is 0 Å². The van der Waals surface area contributed by atoms with E-state index >= 15 is 0 Å². The lowest BCUT2D eigenvalue weighted by Crippen LogP contribution is -2.55. The summed E-state index contributed by atoms with van der Waals surface area (Å²) >= 11 is 0. The topological polar surface area (TPSA) is 65.8 Å². The first kappa shape index (κ1) is 15.6. The van der Waals surface area contributed by atoms with E-state index in [1.165, 1.54) is 6.26 Å². The normalized spacial score (nSPS) is 17.8. The minimum absolute atomic E-state index is 0.0157. The van der Waals surface area contributed by atoms with Crippen LogP contribution in [0.15, 0.2) is 22.8 Å². The smallest absolute Gasteiger partial charge is 0.287 e. The van der Waals surface area contributed by atoms with Crippen molar-refractivity contribution < 1.29 is 14.0 Å². The zero-order valence-electron chi connectivity index (χ0n) is 12.8. The summed E-state index contributed by atoms with van der Waals surface area (Å²) in [7, 11) is 2.04. The maximum absolute atomic E-state index is 12.6. The largest absolute Gasteiger partial charge is 0.459 e. The van der Waals surface area contributed by atoms with E-state index in [2.05, 4.69) is 10.2 Å². The van der Waals surface area contributed by atoms with Crippen LogP contribution in [0.3, 0.4) is 0 Å². The second-order valence-electron chi connectivity index (χ2n) is 5.80. The molecule has 1 aromatic rings. The molecule has 1 aliphatic rings. The second kappa shape index (κ2) is 6.76. The Morgan fingerprint density at radius 1 is 1.24 bits per heavy atom. The molecule has 1 aromatic heterocycles. The van der Waals surface area contributed by atoms with Crippen LogP contribution in [-0.4, -0.2) is 60.9 Å². The van der Waals surface area contributed by atoms with Crippen molar-refractivity contribution in [1.29, 1.82) is 0 Å². The Bertz CT molecular complexity index is 476. The number of hydrogen-bond donors (Lipinski definition) is 1. The first-order chi connectivity index (χ1) is 9.99. The average Bonchev–Trinajstić information content (AvgIpc) is 2.98. The lowest BCUT2D eigenvalue weighted by atomic mass is 10.0. The van der Waals surface area contributed by atoms with E-state index in [4.69, 9.17) is 4.42 Å². The predicted molar refractivity (Wildman–Crippen MR) is 78.9 cm³/mol. The van der Waals surface area contributed by atoms with Gasteiger partial charge in [-0.15, -0.1) is 0 Å². The summed E-state index contributed by atoms with van der Waals surface area (Å²) in [4.78, 5) is 28.7. The summed E-state index contributed by atoms with van der Waals surface area (Å²) in [5.74, 6) is -0.109. The number of hydrogen-bond acceptors (Lipinski definition) is 4. The number of furan rings is 1. The van der Waals surface area contributed by atoms with Gasteiger partial charge in [0, 0.05) is 26.2 Å². The third-order valence-corrected chi connectivity index (χ3v) is 3.78. The molecule has 0 radical (unpaired) electrons. The molecule has 6 heteroatoms. The van der Waals surface area contributed by atoms with Crippen molar-refractivity contribution in [2.45, 2.75) is 19.9 Å². The fraction of sp³-hybridized carbons (Fsp3) is 0.600. The fourth-order valence-corrected chi connectivity index (χ4v) is 2.36. The van der Waals surface area contributed by atoms with Crippen LogP contribution in [0.2, 0.25) is 0 Å². The Hall–Kier alpha value is -1.82. The molecule has 2 rings (SSSR count). The highest BCUT2D eigenvalue weighted by Gasteiger charge is 2.30. The summed E-state index contributed by atoms with van der Waals surface area (Å²) in [5, 5.41) is 2.79. The van der Waals surface area contributed by atoms with E-state index in [0.717, 1.165) is 13.1 Å². The number of amides is 2. The number of carbonyl (C=O) groups is 2. The highest BCUT2D eigenvalue weighted by molar-refractivity contribution is 5.95. The van der Waals surface area contributed by atoms with E-state index in [-0.39, 0.29) is 23.5 Å². The molecule has 0 aromatic carbocycles. The van der Waals surface area contributed by atoms with Crippen molar-refractivity contribution in [3.8, 4) is 0 Å². The Morgan fingerprint density at radius 3 is 2.43 bits per heavy atom. The third-order valence-electron chi connectivity index (χ3n) is 3.78. The molecule has 1 atom stereocenters. The Balaban J connectivity index is 2.01. The van der Waals surface area contributed by atoms with Crippen LogP contribution in [0, 0.1) is 5.92 Å². The standard InChI is InChI=1S/C15H23N3O3/c1-11(2)13(16-14(19)12-5-4-10-21-12)15(20)18-8-6-17(3)7-9-18/h4-5,10-11,13H,6-9H2,1-3H3,(H,16,19). The molecule has 0 spiro atoms. The van der Waals surface area contributed by atoms with E-state index in [0.29, 0.717) is 13.1 Å². The fourth-order valence-electron chi connectivity index (χ4n) is 2.36. The monoisotopic (exact) mass is 293 g/mol. The van der Waals surface area contributed by atoms with Gasteiger partial charge in [-0.25, -0.2) is 0 Å². The van der Waals surface area contributed by atoms with Gasteiger partial charge in [0.2, 0.25) is 5.91 Å². The van der Waals surface area contributed by atoms with Crippen LogP contribution in [0.5, 0.6) is 0 Å². The molecular formula is C15H23N3O3. The Kier molecular flexibility index (Phi) is 5.01. The highest BCUT2D eigenvalue weighted by Crippen LogP contribution is 2.10. The molecule has 1 N–H and O–H groups in total. The van der Waals surface area contributed by atoms with Gasteiger partial charge in [-0.1, -0.05) is 13.8 Å². The quantitative estimate of drug-likeness (QED) is 0.892. The summed E-state index contributed by atoms with van der Waals surface area (Å²) in [6.07, 6.45) is 1.45. The van der Waals surface area contributed by atoms with Crippen LogP contribution < -0.4 is 5.32 Å². The van der Waals surface area contributed by atoms with Gasteiger partial charge in [0.15, 0.2) is 5.76 Å². The minimum Gasteiger partial charge on any atom is -0.459 e. The Labute approximate surface area is 125 Å². The van der Waals surface area contributed by atoms with Crippen molar-refractivity contribution >= 4 is 11.8 Å². The summed E-state index contributed by atoms with van der Waals surface area (Å²) in [5.41, 5.74) is 0. The third kappa shape index (κ3) is 3.85. The van der Waals surface area contributed by atoms with Gasteiger partial charge in [-0.2, -0.15) is 0 Å². The molecule has 6 nitrogen and oxygen atoms in total. The first-order valence-corrected chi connectivity index (χ1v) is 7.30. The summed E-state index contributed by atoms with van der Waals surface area (Å²) in [6, 6.07) is 2.72. The van der Waals surface area contributed by atoms with Gasteiger partial charge < -0.3 is 19.5 Å². The van der Waals surface area contributed by atoms with Gasteiger partial charge in [0.05, 0.1) is 6.26 Å². The maximum atomic E-state index is 12.6. The van der Waals surface area contributed by atoms with Crippen molar-refractivity contribution in [2.75, 3.05) is 33.2 Å². The molecule has 1 fully saturated rings. The molecule has 2 heterocycles. The van der Waals surface area contributed by atoms with E-state index in [9.17, 15) is 9.59 Å². The van der Waals surface area contributed by atoms with Crippen LogP contribution in [0.1, 0.15) is 24.4 Å². The maximum Gasteiger partial charge on any atom is 0.287 e. The van der Waals surface area contributed by atoms with Crippen molar-refractivity contribution in [3.05, 3.63) is 24.2 Å². The zero-order valence-corrected chi connectivity index (χ0v) is 12.8. The zero-order chi connectivity index (χ0) is 15.4. The van der Waals surface area contributed by atoms with Crippen molar-refractivity contribution in [1.82, 2.24) is 15.1 Å². The van der Waals surface area contributed by atoms with Gasteiger partial charge in [0.1, 0.15) is 6.04 Å². The first-order valence-electron chi connectivity index (χ1n) is 7.30. The van der Waals surface area contributed by atoms with Crippen molar-refractivity contribution in [2.24, 2.45) is 5.92 Å². The molecule has 0 saturated carbocycles. The molecular weight excluding hydrogens is 270 g/mol. The van der Waals surface area contributed by atoms with Crippen LogP contribution in [0.25, 0.3) is 0 Å². The molecule has 2 amide bonds. The van der Waals surface area contributed by atoms with Crippen LogP contribution in [-0.2, 0) is 4.79 Å². The number of nitrogens with zero attached hydrogens (tertiary/aromatic N) is 2. The van der Waals surface area contributed by atoms with Gasteiger partial charge in [-0.3, -0.25) is 9.59 Å². The molecule has 1 saturated heterocycles. The molecule has 21 heavy (non-hydrogen) atoms. The average molecular weight is 293 g/mol. The lowest BCUT2D eigenvalue weighted by molar-refractivity contribution is -0.135. The van der Waals surface area contributed by atoms with E-state index < -0.39 is 6.04 Å². The van der Waals surface area contributed by atoms with E-state index in [1.54, 1.807) is 12.1 Å². The number of piperazine rings is 1. The van der Waals surface area contributed by atoms with E-state index in [1.807, 2.05) is 25.8 Å². The van der Waals surface area contributed by atoms with Gasteiger partial charge >= 0.3 is 0 Å². The predicted octanol–water partition coefficient (Wildman–Crippen LogP) is 0.808. The summed E-state index contributed by atoms with van der Waals surface area (Å²) < 4.78 is 5.07. The molecule has 0 aliphatic carbocycles. The Morgan fingerprint density at radius 2 is 1.90 bits per heavy atom. The number of rotatable bonds is 4. The number of nitrogens with one attached hydrogen (secondary N) is 1. The molecule has 1 unspecified atom stereocenters. The highest BCUT2D eigenvalue weighted by atomic mass is 16.3. The summed E-state index contributed by atoms with van der Waals surface area (Å²) in [6.45, 7) is 7.00. The van der Waals surface area contributed by atoms with Crippen LogP contribution in [0.4, 0.5) is 0 Å². The second-order valence-corrected chi connectivity index (χ2v) is 5.80. The number of likely N-dealkylation sites (N-methyl/N-ethyl adjacent to an activating group) is 1.